The van der Waals surface area contributed by atoms with Gasteiger partial charge >= 0.3 is 0 Å². The predicted octanol–water partition coefficient (Wildman–Crippen LogP) is 4.77. The van der Waals surface area contributed by atoms with Gasteiger partial charge in [0.15, 0.2) is 5.03 Å². The molecule has 4 aromatic rings. The molecular formula is C31H34N4O4S. The molecule has 0 aliphatic carbocycles. The third kappa shape index (κ3) is 6.00. The number of aromatic nitrogens is 2. The zero-order chi connectivity index (χ0) is 28.3. The molecule has 2 heterocycles. The average Bonchev–Trinajstić information content (AvgIpc) is 2.94. The summed E-state index contributed by atoms with van der Waals surface area (Å²) >= 11 is 0. The van der Waals surface area contributed by atoms with E-state index < -0.39 is 9.84 Å². The number of piperidine rings is 1. The molecule has 208 valence electrons. The van der Waals surface area contributed by atoms with Crippen LogP contribution in [0.3, 0.4) is 0 Å². The number of nitrogens with one attached hydrogen (secondary N) is 1. The van der Waals surface area contributed by atoms with Gasteiger partial charge in [-0.25, -0.2) is 13.1 Å². The first-order chi connectivity index (χ1) is 19.2. The zero-order valence-corrected chi connectivity index (χ0v) is 23.7. The molecule has 40 heavy (non-hydrogen) atoms. The highest BCUT2D eigenvalue weighted by atomic mass is 32.2. The molecule has 0 atom stereocenters. The van der Waals surface area contributed by atoms with E-state index in [2.05, 4.69) is 27.4 Å². The molecular weight excluding hydrogens is 524 g/mol. The number of aryl methyl sites for hydroxylation is 2. The van der Waals surface area contributed by atoms with E-state index in [1.54, 1.807) is 48.5 Å². The lowest BCUT2D eigenvalue weighted by Gasteiger charge is -2.32. The Morgan fingerprint density at radius 1 is 0.950 bits per heavy atom. The molecule has 1 saturated heterocycles. The zero-order valence-electron chi connectivity index (χ0n) is 22.8. The highest BCUT2D eigenvalue weighted by Gasteiger charge is 2.25. The van der Waals surface area contributed by atoms with Crippen molar-refractivity contribution in [2.75, 3.05) is 25.0 Å². The van der Waals surface area contributed by atoms with Crippen molar-refractivity contribution in [3.05, 3.63) is 94.3 Å². The number of rotatable bonds is 8. The lowest BCUT2D eigenvalue weighted by Crippen LogP contribution is -2.35. The maximum absolute atomic E-state index is 13.6. The Morgan fingerprint density at radius 3 is 2.35 bits per heavy atom. The van der Waals surface area contributed by atoms with Crippen molar-refractivity contribution in [3.63, 3.8) is 0 Å². The number of carbonyl (C=O) groups excluding carboxylic acids is 1. The van der Waals surface area contributed by atoms with Crippen LogP contribution in [-0.4, -0.2) is 48.6 Å². The minimum absolute atomic E-state index is 0.0770. The lowest BCUT2D eigenvalue weighted by atomic mass is 9.89. The van der Waals surface area contributed by atoms with Gasteiger partial charge in [-0.15, -0.1) is 0 Å². The van der Waals surface area contributed by atoms with E-state index in [-0.39, 0.29) is 21.4 Å². The average molecular weight is 559 g/mol. The van der Waals surface area contributed by atoms with Gasteiger partial charge in [0.2, 0.25) is 15.7 Å². The Bertz CT molecular complexity index is 1690. The van der Waals surface area contributed by atoms with Crippen LogP contribution in [0.1, 0.15) is 43.2 Å². The van der Waals surface area contributed by atoms with Crippen molar-refractivity contribution >= 4 is 32.2 Å². The summed E-state index contributed by atoms with van der Waals surface area (Å²) in [5.74, 6) is 0.358. The number of carbonyl (C=O) groups is 1. The number of amides is 1. The molecule has 5 rings (SSSR count). The van der Waals surface area contributed by atoms with Gasteiger partial charge in [-0.3, -0.25) is 9.59 Å². The van der Waals surface area contributed by atoms with E-state index >= 15 is 0 Å². The third-order valence-electron chi connectivity index (χ3n) is 7.53. The number of likely N-dealkylation sites (tertiary alicyclic amines) is 1. The van der Waals surface area contributed by atoms with Crippen LogP contribution in [0.2, 0.25) is 0 Å². The second kappa shape index (κ2) is 11.7. The van der Waals surface area contributed by atoms with Gasteiger partial charge in [-0.05, 0) is 87.6 Å². The molecule has 1 fully saturated rings. The van der Waals surface area contributed by atoms with Crippen LogP contribution in [0.5, 0.6) is 0 Å². The summed E-state index contributed by atoms with van der Waals surface area (Å²) in [6, 6.07) is 21.5. The van der Waals surface area contributed by atoms with Gasteiger partial charge in [0.25, 0.3) is 5.56 Å². The monoisotopic (exact) mass is 558 g/mol. The summed E-state index contributed by atoms with van der Waals surface area (Å²) in [5, 5.41) is 7.86. The van der Waals surface area contributed by atoms with E-state index in [1.807, 2.05) is 19.1 Å². The highest BCUT2D eigenvalue weighted by molar-refractivity contribution is 7.91. The van der Waals surface area contributed by atoms with Crippen molar-refractivity contribution in [3.8, 4) is 0 Å². The summed E-state index contributed by atoms with van der Waals surface area (Å²) in [4.78, 5) is 27.2. The molecule has 9 heteroatoms. The SMILES string of the molecule is CC(=O)Nc1cccc(C2CCN(CCCn3nc(S(=O)(=O)c4ccc(C)cc4)c4ccccc4c3=O)CC2)c1. The highest BCUT2D eigenvalue weighted by Crippen LogP contribution is 2.30. The molecule has 8 nitrogen and oxygen atoms in total. The van der Waals surface area contributed by atoms with Crippen LogP contribution in [0.25, 0.3) is 10.8 Å². The molecule has 1 aromatic heterocycles. The maximum Gasteiger partial charge on any atom is 0.274 e. The Hall–Kier alpha value is -3.82. The summed E-state index contributed by atoms with van der Waals surface area (Å²) < 4.78 is 28.4. The first-order valence-electron chi connectivity index (χ1n) is 13.6. The normalized spacial score (nSPS) is 14.8. The molecule has 0 saturated carbocycles. The predicted molar refractivity (Wildman–Crippen MR) is 156 cm³/mol. The topological polar surface area (TPSA) is 101 Å². The molecule has 1 aliphatic heterocycles. The fourth-order valence-electron chi connectivity index (χ4n) is 5.39. The van der Waals surface area contributed by atoms with E-state index in [1.165, 1.54) is 17.2 Å². The van der Waals surface area contributed by atoms with Crippen LogP contribution in [0.4, 0.5) is 5.69 Å². The van der Waals surface area contributed by atoms with Crippen molar-refractivity contribution in [2.24, 2.45) is 0 Å². The van der Waals surface area contributed by atoms with E-state index in [9.17, 15) is 18.0 Å². The van der Waals surface area contributed by atoms with Crippen LogP contribution in [0.15, 0.2) is 87.5 Å². The second-order valence-electron chi connectivity index (χ2n) is 10.5. The van der Waals surface area contributed by atoms with Crippen LogP contribution >= 0.6 is 0 Å². The number of fused-ring (bicyclic) bond motifs is 1. The largest absolute Gasteiger partial charge is 0.326 e. The molecule has 1 aliphatic rings. The van der Waals surface area contributed by atoms with Gasteiger partial charge in [0, 0.05) is 24.5 Å². The van der Waals surface area contributed by atoms with Gasteiger partial charge in [-0.2, -0.15) is 5.10 Å². The number of sulfone groups is 1. The smallest absolute Gasteiger partial charge is 0.274 e. The van der Waals surface area contributed by atoms with Crippen molar-refractivity contribution in [2.45, 2.75) is 55.5 Å². The molecule has 1 amide bonds. The molecule has 0 spiro atoms. The van der Waals surface area contributed by atoms with Crippen LogP contribution in [-0.2, 0) is 21.2 Å². The Labute approximate surface area is 234 Å². The van der Waals surface area contributed by atoms with Crippen molar-refractivity contribution in [1.82, 2.24) is 14.7 Å². The fraction of sp³-hybridized carbons (Fsp3) is 0.323. The second-order valence-corrected chi connectivity index (χ2v) is 12.3. The molecule has 3 aromatic carbocycles. The molecule has 0 radical (unpaired) electrons. The maximum atomic E-state index is 13.6. The van der Waals surface area contributed by atoms with E-state index in [0.29, 0.717) is 29.7 Å². The van der Waals surface area contributed by atoms with Gasteiger partial charge in [0.05, 0.1) is 10.3 Å². The van der Waals surface area contributed by atoms with Gasteiger partial charge < -0.3 is 10.2 Å². The number of hydrogen-bond donors (Lipinski definition) is 1. The first kappa shape index (κ1) is 27.7. The van der Waals surface area contributed by atoms with Crippen LogP contribution in [0, 0.1) is 6.92 Å². The number of benzene rings is 3. The van der Waals surface area contributed by atoms with Crippen molar-refractivity contribution < 1.29 is 13.2 Å². The fourth-order valence-corrected chi connectivity index (χ4v) is 6.78. The lowest BCUT2D eigenvalue weighted by molar-refractivity contribution is -0.114. The standard InChI is InChI=1S/C31H34N4O4S/c1-22-11-13-27(14-12-22)40(38,39)30-28-9-3-4-10-29(28)31(37)35(33-30)18-6-17-34-19-15-24(16-20-34)25-7-5-8-26(21-25)32-23(2)36/h3-5,7-14,21,24H,6,15-20H2,1-2H3,(H,32,36). The number of nitrogens with zero attached hydrogens (tertiary/aromatic N) is 3. The number of anilines is 1. The number of hydrogen-bond acceptors (Lipinski definition) is 6. The molecule has 0 bridgehead atoms. The molecule has 0 unspecified atom stereocenters. The van der Waals surface area contributed by atoms with E-state index in [0.717, 1.165) is 43.7 Å². The Balaban J connectivity index is 1.27. The summed E-state index contributed by atoms with van der Waals surface area (Å²) in [7, 11) is -3.91. The first-order valence-corrected chi connectivity index (χ1v) is 15.1. The Kier molecular flexibility index (Phi) is 8.14. The summed E-state index contributed by atoms with van der Waals surface area (Å²) in [6.45, 7) is 6.40. The minimum Gasteiger partial charge on any atom is -0.326 e. The quantitative estimate of drug-likeness (QED) is 0.335. The summed E-state index contributed by atoms with van der Waals surface area (Å²) in [6.07, 6.45) is 2.70. The third-order valence-corrected chi connectivity index (χ3v) is 9.23. The van der Waals surface area contributed by atoms with Crippen molar-refractivity contribution in [1.29, 1.82) is 0 Å². The van der Waals surface area contributed by atoms with Gasteiger partial charge in [-0.1, -0.05) is 48.0 Å². The molecule has 1 N–H and O–H groups in total. The summed E-state index contributed by atoms with van der Waals surface area (Å²) in [5.41, 5.74) is 2.74. The van der Waals surface area contributed by atoms with E-state index in [4.69, 9.17) is 0 Å². The minimum atomic E-state index is -3.91. The van der Waals surface area contributed by atoms with Crippen LogP contribution < -0.4 is 10.9 Å². The van der Waals surface area contributed by atoms with Gasteiger partial charge in [0.1, 0.15) is 0 Å². The Morgan fingerprint density at radius 2 is 1.65 bits per heavy atom.